The highest BCUT2D eigenvalue weighted by Gasteiger charge is 2.29. The highest BCUT2D eigenvalue weighted by Crippen LogP contribution is 2.44. The van der Waals surface area contributed by atoms with Gasteiger partial charge in [-0.15, -0.1) is 0 Å². The van der Waals surface area contributed by atoms with E-state index in [9.17, 15) is 14.7 Å². The predicted molar refractivity (Wildman–Crippen MR) is 118 cm³/mol. The van der Waals surface area contributed by atoms with E-state index < -0.39 is 12.1 Å². The Hall–Kier alpha value is -4.06. The molecular weight excluding hydrogens is 392 g/mol. The van der Waals surface area contributed by atoms with Gasteiger partial charge < -0.3 is 14.2 Å². The van der Waals surface area contributed by atoms with E-state index in [1.165, 1.54) is 0 Å². The lowest BCUT2D eigenvalue weighted by atomic mass is 9.98. The second kappa shape index (κ2) is 7.32. The molecule has 4 aromatic rings. The van der Waals surface area contributed by atoms with Crippen molar-refractivity contribution < 1.29 is 19.4 Å². The molecule has 2 aromatic heterocycles. The van der Waals surface area contributed by atoms with Crippen LogP contribution in [-0.4, -0.2) is 28.2 Å². The van der Waals surface area contributed by atoms with Crippen molar-refractivity contribution in [1.82, 2.24) is 4.40 Å². The fraction of sp³-hybridized carbons (Fsp3) is 0.120. The number of carbonyl (C=O) groups excluding carboxylic acids is 1. The van der Waals surface area contributed by atoms with Crippen molar-refractivity contribution in [2.45, 2.75) is 12.8 Å². The monoisotopic (exact) mass is 412 g/mol. The quantitative estimate of drug-likeness (QED) is 0.476. The maximum absolute atomic E-state index is 12.7. The number of hydrogen-bond donors (Lipinski definition) is 2. The Bertz CT molecular complexity index is 1290. The van der Waals surface area contributed by atoms with Crippen LogP contribution >= 0.6 is 0 Å². The molecule has 31 heavy (non-hydrogen) atoms. The second-order valence-corrected chi connectivity index (χ2v) is 7.56. The van der Waals surface area contributed by atoms with E-state index >= 15 is 0 Å². The van der Waals surface area contributed by atoms with Crippen LogP contribution in [0.5, 0.6) is 0 Å². The number of ether oxygens (including phenoxy) is 1. The first-order valence-corrected chi connectivity index (χ1v) is 10.0. The van der Waals surface area contributed by atoms with Gasteiger partial charge in [-0.3, -0.25) is 5.32 Å². The third kappa shape index (κ3) is 3.04. The minimum Gasteiger partial charge on any atom is -0.477 e. The summed E-state index contributed by atoms with van der Waals surface area (Å²) in [7, 11) is 0. The number of carboxylic acid groups (broad SMARTS) is 1. The number of fused-ring (bicyclic) bond motifs is 4. The number of carbonyl (C=O) groups is 2. The first kappa shape index (κ1) is 18.9. The first-order valence-electron chi connectivity index (χ1n) is 10.0. The molecule has 0 spiro atoms. The van der Waals surface area contributed by atoms with E-state index in [4.69, 9.17) is 4.74 Å². The molecule has 0 aliphatic heterocycles. The topological polar surface area (TPSA) is 80.0 Å². The van der Waals surface area contributed by atoms with E-state index in [0.717, 1.165) is 22.3 Å². The average molecular weight is 412 g/mol. The number of rotatable bonds is 4. The van der Waals surface area contributed by atoms with Gasteiger partial charge in [-0.25, -0.2) is 9.59 Å². The van der Waals surface area contributed by atoms with Gasteiger partial charge in [0.05, 0.1) is 11.2 Å². The van der Waals surface area contributed by atoms with Crippen molar-refractivity contribution in [3.8, 4) is 11.1 Å². The van der Waals surface area contributed by atoms with Crippen LogP contribution in [0.25, 0.3) is 16.6 Å². The van der Waals surface area contributed by atoms with Gasteiger partial charge >= 0.3 is 12.1 Å². The molecule has 2 aromatic carbocycles. The Morgan fingerprint density at radius 3 is 2.23 bits per heavy atom. The molecule has 1 amide bonds. The Balaban J connectivity index is 1.40. The number of pyridine rings is 1. The molecule has 1 aliphatic carbocycles. The molecule has 0 unspecified atom stereocenters. The Morgan fingerprint density at radius 2 is 1.58 bits per heavy atom. The molecule has 0 atom stereocenters. The van der Waals surface area contributed by atoms with Gasteiger partial charge in [0.15, 0.2) is 0 Å². The normalized spacial score (nSPS) is 12.4. The lowest BCUT2D eigenvalue weighted by molar-refractivity contribution is 0.0688. The van der Waals surface area contributed by atoms with Gasteiger partial charge in [0.1, 0.15) is 12.3 Å². The molecule has 154 valence electrons. The van der Waals surface area contributed by atoms with Gasteiger partial charge in [-0.2, -0.15) is 0 Å². The van der Waals surface area contributed by atoms with Crippen LogP contribution in [0, 0.1) is 6.92 Å². The molecule has 2 N–H and O–H groups in total. The van der Waals surface area contributed by atoms with Gasteiger partial charge in [-0.1, -0.05) is 54.6 Å². The fourth-order valence-corrected chi connectivity index (χ4v) is 4.49. The molecule has 0 fully saturated rings. The lowest BCUT2D eigenvalue weighted by Crippen LogP contribution is -2.18. The molecule has 6 nitrogen and oxygen atoms in total. The van der Waals surface area contributed by atoms with E-state index in [0.29, 0.717) is 16.8 Å². The summed E-state index contributed by atoms with van der Waals surface area (Å²) in [5, 5.41) is 12.3. The molecule has 0 saturated heterocycles. The maximum atomic E-state index is 12.7. The van der Waals surface area contributed by atoms with Crippen LogP contribution in [0.1, 0.15) is 33.1 Å². The van der Waals surface area contributed by atoms with Crippen molar-refractivity contribution in [2.24, 2.45) is 0 Å². The highest BCUT2D eigenvalue weighted by atomic mass is 16.5. The molecule has 0 bridgehead atoms. The number of aromatic nitrogens is 1. The van der Waals surface area contributed by atoms with E-state index in [1.54, 1.807) is 35.7 Å². The van der Waals surface area contributed by atoms with Crippen molar-refractivity contribution in [3.05, 3.63) is 95.3 Å². The van der Waals surface area contributed by atoms with Crippen molar-refractivity contribution >= 4 is 23.3 Å². The van der Waals surface area contributed by atoms with Crippen LogP contribution in [0.4, 0.5) is 10.5 Å². The number of anilines is 1. The van der Waals surface area contributed by atoms with Gasteiger partial charge in [0.25, 0.3) is 0 Å². The van der Waals surface area contributed by atoms with E-state index in [1.807, 2.05) is 24.3 Å². The zero-order valence-corrected chi connectivity index (χ0v) is 16.8. The van der Waals surface area contributed by atoms with Gasteiger partial charge in [0.2, 0.25) is 0 Å². The lowest BCUT2D eigenvalue weighted by Gasteiger charge is -2.14. The van der Waals surface area contributed by atoms with Crippen molar-refractivity contribution in [1.29, 1.82) is 0 Å². The van der Waals surface area contributed by atoms with Crippen LogP contribution < -0.4 is 5.32 Å². The second-order valence-electron chi connectivity index (χ2n) is 7.56. The van der Waals surface area contributed by atoms with Crippen molar-refractivity contribution in [2.75, 3.05) is 11.9 Å². The number of nitrogens with zero attached hydrogens (tertiary/aromatic N) is 1. The smallest absolute Gasteiger partial charge is 0.411 e. The molecule has 0 saturated carbocycles. The number of aromatic carboxylic acids is 1. The Kier molecular flexibility index (Phi) is 4.47. The van der Waals surface area contributed by atoms with Crippen LogP contribution in [0.3, 0.4) is 0 Å². The minimum atomic E-state index is -1.06. The number of benzene rings is 2. The summed E-state index contributed by atoms with van der Waals surface area (Å²) in [5.41, 5.74) is 6.23. The van der Waals surface area contributed by atoms with Crippen LogP contribution in [0.15, 0.2) is 72.9 Å². The number of carboxylic acids is 1. The summed E-state index contributed by atoms with van der Waals surface area (Å²) >= 11 is 0. The molecule has 5 rings (SSSR count). The number of nitrogens with one attached hydrogen (secondary N) is 1. The largest absolute Gasteiger partial charge is 0.477 e. The Labute approximate surface area is 178 Å². The predicted octanol–water partition coefficient (Wildman–Crippen LogP) is 5.31. The summed E-state index contributed by atoms with van der Waals surface area (Å²) in [5.74, 6) is -1.10. The number of amides is 1. The zero-order chi connectivity index (χ0) is 21.5. The summed E-state index contributed by atoms with van der Waals surface area (Å²) in [6.07, 6.45) is 1.05. The van der Waals surface area contributed by atoms with E-state index in [-0.39, 0.29) is 18.2 Å². The maximum Gasteiger partial charge on any atom is 0.411 e. The van der Waals surface area contributed by atoms with Crippen LogP contribution in [-0.2, 0) is 4.74 Å². The fourth-order valence-electron chi connectivity index (χ4n) is 4.49. The average Bonchev–Trinajstić information content (AvgIpc) is 3.24. The van der Waals surface area contributed by atoms with Crippen LogP contribution in [0.2, 0.25) is 0 Å². The third-order valence-corrected chi connectivity index (χ3v) is 5.86. The Morgan fingerprint density at radius 1 is 0.968 bits per heavy atom. The standard InChI is InChI=1S/C25H20N2O4/c1-15-22(21-12-6-7-13-27(21)23(15)24(28)29)26-25(30)31-14-20-18-10-4-2-8-16(18)17-9-3-5-11-19(17)20/h2-13,20H,14H2,1H3,(H,26,30)(H,28,29). The molecule has 2 heterocycles. The SMILES string of the molecule is Cc1c(NC(=O)OCC2c3ccccc3-c3ccccc32)c2ccccn2c1C(=O)O. The summed E-state index contributed by atoms with van der Waals surface area (Å²) in [6.45, 7) is 1.87. The van der Waals surface area contributed by atoms with Gasteiger partial charge in [-0.05, 0) is 41.3 Å². The van der Waals surface area contributed by atoms with Crippen molar-refractivity contribution in [3.63, 3.8) is 0 Å². The molecule has 1 aliphatic rings. The molecular formula is C25H20N2O4. The third-order valence-electron chi connectivity index (χ3n) is 5.86. The van der Waals surface area contributed by atoms with Gasteiger partial charge in [0, 0.05) is 17.7 Å². The summed E-state index contributed by atoms with van der Waals surface area (Å²) in [6, 6.07) is 21.6. The first-order chi connectivity index (χ1) is 15.1. The molecule has 0 radical (unpaired) electrons. The van der Waals surface area contributed by atoms with E-state index in [2.05, 4.69) is 29.6 Å². The zero-order valence-electron chi connectivity index (χ0n) is 16.8. The highest BCUT2D eigenvalue weighted by molar-refractivity contribution is 6.00. The molecule has 6 heteroatoms. The summed E-state index contributed by atoms with van der Waals surface area (Å²) in [4.78, 5) is 24.4. The number of hydrogen-bond acceptors (Lipinski definition) is 3. The summed E-state index contributed by atoms with van der Waals surface area (Å²) < 4.78 is 7.16. The minimum absolute atomic E-state index is 0.0420.